The monoisotopic (exact) mass is 289 g/mol. The number of ether oxygens (including phenoxy) is 2. The lowest BCUT2D eigenvalue weighted by molar-refractivity contribution is 0.199. The molecule has 0 aliphatic rings. The molecule has 1 aromatic carbocycles. The van der Waals surface area contributed by atoms with Crippen LogP contribution >= 0.6 is 0 Å². The van der Waals surface area contributed by atoms with E-state index in [4.69, 9.17) is 9.47 Å². The van der Waals surface area contributed by atoms with E-state index in [2.05, 4.69) is 23.4 Å². The van der Waals surface area contributed by atoms with Gasteiger partial charge in [0.05, 0.1) is 13.7 Å². The summed E-state index contributed by atoms with van der Waals surface area (Å²) in [6.07, 6.45) is 2.04. The lowest BCUT2D eigenvalue weighted by Gasteiger charge is -2.10. The molecule has 0 unspecified atom stereocenters. The largest absolute Gasteiger partial charge is 0.496 e. The molecule has 0 atom stereocenters. The molecule has 5 nitrogen and oxygen atoms in total. The number of hydrogen-bond donors (Lipinski definition) is 1. The summed E-state index contributed by atoms with van der Waals surface area (Å²) in [6.45, 7) is 4.34. The maximum Gasteiger partial charge on any atom is 0.128 e. The highest BCUT2D eigenvalue weighted by molar-refractivity contribution is 5.70. The molecule has 1 heterocycles. The summed E-state index contributed by atoms with van der Waals surface area (Å²) in [5, 5.41) is 7.95. The van der Waals surface area contributed by atoms with Crippen LogP contribution < -0.4 is 10.1 Å². The SMILES string of the molecule is COCCNCc1cn(C)nc1-c1cc(C)ccc1OC. The van der Waals surface area contributed by atoms with Crippen LogP contribution in [-0.4, -0.2) is 37.2 Å². The molecular weight excluding hydrogens is 266 g/mol. The average molecular weight is 289 g/mol. The van der Waals surface area contributed by atoms with Crippen molar-refractivity contribution in [1.29, 1.82) is 0 Å². The highest BCUT2D eigenvalue weighted by Crippen LogP contribution is 2.32. The molecule has 21 heavy (non-hydrogen) atoms. The van der Waals surface area contributed by atoms with Gasteiger partial charge in [0.2, 0.25) is 0 Å². The van der Waals surface area contributed by atoms with E-state index in [1.807, 2.05) is 30.1 Å². The van der Waals surface area contributed by atoms with Gasteiger partial charge in [-0.25, -0.2) is 0 Å². The number of nitrogens with zero attached hydrogens (tertiary/aromatic N) is 2. The Bertz CT molecular complexity index is 593. The topological polar surface area (TPSA) is 48.3 Å². The zero-order valence-corrected chi connectivity index (χ0v) is 13.1. The first-order chi connectivity index (χ1) is 10.2. The van der Waals surface area contributed by atoms with Gasteiger partial charge >= 0.3 is 0 Å². The second-order valence-electron chi connectivity index (χ2n) is 5.05. The molecule has 0 radical (unpaired) electrons. The molecule has 114 valence electrons. The van der Waals surface area contributed by atoms with Crippen molar-refractivity contribution in [1.82, 2.24) is 15.1 Å². The molecule has 0 aliphatic heterocycles. The van der Waals surface area contributed by atoms with Crippen molar-refractivity contribution < 1.29 is 9.47 Å². The lowest BCUT2D eigenvalue weighted by atomic mass is 10.0. The standard InChI is InChI=1S/C16H23N3O2/c1-12-5-6-15(21-4)14(9-12)16-13(11-19(2)18-16)10-17-7-8-20-3/h5-6,9,11,17H,7-8,10H2,1-4H3. The van der Waals surface area contributed by atoms with Crippen LogP contribution in [0.5, 0.6) is 5.75 Å². The second kappa shape index (κ2) is 7.24. The van der Waals surface area contributed by atoms with E-state index < -0.39 is 0 Å². The highest BCUT2D eigenvalue weighted by atomic mass is 16.5. The first-order valence-electron chi connectivity index (χ1n) is 7.03. The van der Waals surface area contributed by atoms with Crippen molar-refractivity contribution in [3.63, 3.8) is 0 Å². The first-order valence-corrected chi connectivity index (χ1v) is 7.03. The quantitative estimate of drug-likeness (QED) is 0.793. The molecule has 0 fully saturated rings. The van der Waals surface area contributed by atoms with Crippen LogP contribution in [0, 0.1) is 6.92 Å². The third-order valence-corrected chi connectivity index (χ3v) is 3.31. The van der Waals surface area contributed by atoms with Gasteiger partial charge in [-0.3, -0.25) is 4.68 Å². The molecule has 0 saturated carbocycles. The molecule has 0 saturated heterocycles. The Morgan fingerprint density at radius 1 is 1.29 bits per heavy atom. The van der Waals surface area contributed by atoms with Crippen molar-refractivity contribution in [2.24, 2.45) is 7.05 Å². The molecule has 1 aromatic heterocycles. The van der Waals surface area contributed by atoms with Crippen LogP contribution in [0.2, 0.25) is 0 Å². The average Bonchev–Trinajstić information content (AvgIpc) is 2.84. The summed E-state index contributed by atoms with van der Waals surface area (Å²) < 4.78 is 12.4. The molecule has 0 bridgehead atoms. The minimum atomic E-state index is 0.698. The number of benzene rings is 1. The van der Waals surface area contributed by atoms with Gasteiger partial charge in [-0.2, -0.15) is 5.10 Å². The van der Waals surface area contributed by atoms with E-state index in [-0.39, 0.29) is 0 Å². The molecule has 0 amide bonds. The van der Waals surface area contributed by atoms with Crippen LogP contribution in [0.15, 0.2) is 24.4 Å². The van der Waals surface area contributed by atoms with Crippen LogP contribution in [-0.2, 0) is 18.3 Å². The van der Waals surface area contributed by atoms with Crippen molar-refractivity contribution in [3.8, 4) is 17.0 Å². The molecule has 0 spiro atoms. The summed E-state index contributed by atoms with van der Waals surface area (Å²) in [5.41, 5.74) is 4.33. The van der Waals surface area contributed by atoms with Gasteiger partial charge in [-0.1, -0.05) is 11.6 Å². The Morgan fingerprint density at radius 3 is 2.81 bits per heavy atom. The fraction of sp³-hybridized carbons (Fsp3) is 0.438. The zero-order valence-electron chi connectivity index (χ0n) is 13.1. The van der Waals surface area contributed by atoms with Gasteiger partial charge in [0.1, 0.15) is 11.4 Å². The summed E-state index contributed by atoms with van der Waals surface area (Å²) in [4.78, 5) is 0. The van der Waals surface area contributed by atoms with Crippen molar-refractivity contribution in [2.45, 2.75) is 13.5 Å². The summed E-state index contributed by atoms with van der Waals surface area (Å²) in [6, 6.07) is 6.14. The molecule has 2 aromatic rings. The molecule has 1 N–H and O–H groups in total. The number of methoxy groups -OCH3 is 2. The summed E-state index contributed by atoms with van der Waals surface area (Å²) in [5.74, 6) is 0.845. The van der Waals surface area contributed by atoms with Crippen molar-refractivity contribution in [3.05, 3.63) is 35.5 Å². The van der Waals surface area contributed by atoms with Crippen LogP contribution in [0.1, 0.15) is 11.1 Å². The number of aryl methyl sites for hydroxylation is 2. The number of aromatic nitrogens is 2. The molecule has 2 rings (SSSR count). The minimum absolute atomic E-state index is 0.698. The third kappa shape index (κ3) is 3.83. The van der Waals surface area contributed by atoms with Crippen LogP contribution in [0.25, 0.3) is 11.3 Å². The van der Waals surface area contributed by atoms with Gasteiger partial charge in [0.25, 0.3) is 0 Å². The maximum absolute atomic E-state index is 5.47. The zero-order chi connectivity index (χ0) is 15.2. The molecule has 5 heteroatoms. The van der Waals surface area contributed by atoms with Gasteiger partial charge in [0.15, 0.2) is 0 Å². The molecule has 0 aliphatic carbocycles. The Morgan fingerprint density at radius 2 is 2.10 bits per heavy atom. The second-order valence-corrected chi connectivity index (χ2v) is 5.05. The van der Waals surface area contributed by atoms with Crippen LogP contribution in [0.3, 0.4) is 0 Å². The van der Waals surface area contributed by atoms with Crippen molar-refractivity contribution in [2.75, 3.05) is 27.4 Å². The van der Waals surface area contributed by atoms with Gasteiger partial charge < -0.3 is 14.8 Å². The first kappa shape index (κ1) is 15.5. The Hall–Kier alpha value is -1.85. The predicted molar refractivity (Wildman–Crippen MR) is 83.5 cm³/mol. The summed E-state index contributed by atoms with van der Waals surface area (Å²) >= 11 is 0. The number of nitrogens with one attached hydrogen (secondary N) is 1. The van der Waals surface area contributed by atoms with E-state index in [1.165, 1.54) is 5.56 Å². The Balaban J connectivity index is 2.29. The fourth-order valence-electron chi connectivity index (χ4n) is 2.30. The molecular formula is C16H23N3O2. The lowest BCUT2D eigenvalue weighted by Crippen LogP contribution is -2.18. The fourth-order valence-corrected chi connectivity index (χ4v) is 2.30. The third-order valence-electron chi connectivity index (χ3n) is 3.31. The van der Waals surface area contributed by atoms with E-state index in [1.54, 1.807) is 14.2 Å². The van der Waals surface area contributed by atoms with Gasteiger partial charge in [-0.15, -0.1) is 0 Å². The maximum atomic E-state index is 5.47. The Labute approximate surface area is 125 Å². The van der Waals surface area contributed by atoms with E-state index in [0.29, 0.717) is 6.61 Å². The number of hydrogen-bond acceptors (Lipinski definition) is 4. The van der Waals surface area contributed by atoms with Gasteiger partial charge in [0, 0.05) is 44.6 Å². The normalized spacial score (nSPS) is 10.9. The van der Waals surface area contributed by atoms with Crippen LogP contribution in [0.4, 0.5) is 0 Å². The minimum Gasteiger partial charge on any atom is -0.496 e. The highest BCUT2D eigenvalue weighted by Gasteiger charge is 2.14. The number of rotatable bonds is 7. The summed E-state index contributed by atoms with van der Waals surface area (Å²) in [7, 11) is 5.33. The smallest absolute Gasteiger partial charge is 0.128 e. The van der Waals surface area contributed by atoms with Gasteiger partial charge in [-0.05, 0) is 19.1 Å². The predicted octanol–water partition coefficient (Wildman–Crippen LogP) is 2.14. The Kier molecular flexibility index (Phi) is 5.36. The van der Waals surface area contributed by atoms with E-state index >= 15 is 0 Å². The van der Waals surface area contributed by atoms with E-state index in [0.717, 1.165) is 35.7 Å². The van der Waals surface area contributed by atoms with E-state index in [9.17, 15) is 0 Å². The van der Waals surface area contributed by atoms with Crippen molar-refractivity contribution >= 4 is 0 Å².